The third-order valence-corrected chi connectivity index (χ3v) is 3.39. The Balaban J connectivity index is 2.13. The van der Waals surface area contributed by atoms with Crippen molar-refractivity contribution >= 4 is 0 Å². The standard InChI is InChI=1S/C16H22N2O2/c1-3-5-13(4-2)18-14(11-17)12-6-7-15-16(10-12)20-9-8-19-15/h2,6-7,10,13-14,18H,3,5,8-9,11,17H2,1H3. The predicted molar refractivity (Wildman–Crippen MR) is 79.9 cm³/mol. The van der Waals surface area contributed by atoms with Crippen LogP contribution in [-0.2, 0) is 0 Å². The molecule has 1 heterocycles. The fraction of sp³-hybridized carbons (Fsp3) is 0.500. The van der Waals surface area contributed by atoms with E-state index in [0.717, 1.165) is 29.9 Å². The van der Waals surface area contributed by atoms with E-state index < -0.39 is 0 Å². The van der Waals surface area contributed by atoms with Crippen molar-refractivity contribution in [2.75, 3.05) is 19.8 Å². The number of ether oxygens (including phenoxy) is 2. The van der Waals surface area contributed by atoms with E-state index in [9.17, 15) is 0 Å². The molecule has 0 saturated carbocycles. The van der Waals surface area contributed by atoms with Gasteiger partial charge in [-0.15, -0.1) is 6.42 Å². The normalized spacial score (nSPS) is 16.2. The Hall–Kier alpha value is -1.70. The molecule has 3 N–H and O–H groups in total. The van der Waals surface area contributed by atoms with Crippen LogP contribution in [0, 0.1) is 12.3 Å². The molecule has 0 bridgehead atoms. The number of benzene rings is 1. The van der Waals surface area contributed by atoms with Crippen molar-refractivity contribution in [2.45, 2.75) is 31.8 Å². The van der Waals surface area contributed by atoms with Crippen LogP contribution in [0.3, 0.4) is 0 Å². The van der Waals surface area contributed by atoms with E-state index in [0.29, 0.717) is 19.8 Å². The van der Waals surface area contributed by atoms with E-state index in [-0.39, 0.29) is 12.1 Å². The van der Waals surface area contributed by atoms with E-state index in [1.807, 2.05) is 18.2 Å². The average molecular weight is 274 g/mol. The molecule has 0 radical (unpaired) electrons. The highest BCUT2D eigenvalue weighted by Gasteiger charge is 2.18. The number of terminal acetylenes is 1. The van der Waals surface area contributed by atoms with Gasteiger partial charge in [0.15, 0.2) is 11.5 Å². The smallest absolute Gasteiger partial charge is 0.161 e. The monoisotopic (exact) mass is 274 g/mol. The van der Waals surface area contributed by atoms with Crippen molar-refractivity contribution in [3.8, 4) is 23.8 Å². The van der Waals surface area contributed by atoms with Gasteiger partial charge in [-0.05, 0) is 24.1 Å². The first-order valence-corrected chi connectivity index (χ1v) is 7.10. The van der Waals surface area contributed by atoms with E-state index >= 15 is 0 Å². The van der Waals surface area contributed by atoms with E-state index in [1.165, 1.54) is 0 Å². The minimum Gasteiger partial charge on any atom is -0.486 e. The lowest BCUT2D eigenvalue weighted by molar-refractivity contribution is 0.171. The summed E-state index contributed by atoms with van der Waals surface area (Å²) in [6.07, 6.45) is 7.54. The minimum absolute atomic E-state index is 0.0263. The lowest BCUT2D eigenvalue weighted by Gasteiger charge is -2.24. The quantitative estimate of drug-likeness (QED) is 0.777. The molecule has 2 rings (SSSR count). The third kappa shape index (κ3) is 3.44. The number of fused-ring (bicyclic) bond motifs is 1. The molecule has 0 saturated heterocycles. The third-order valence-electron chi connectivity index (χ3n) is 3.39. The minimum atomic E-state index is 0.0263. The maximum Gasteiger partial charge on any atom is 0.161 e. The van der Waals surface area contributed by atoms with E-state index in [1.54, 1.807) is 0 Å². The number of hydrogen-bond acceptors (Lipinski definition) is 4. The Kier molecular flexibility index (Phi) is 5.28. The van der Waals surface area contributed by atoms with Gasteiger partial charge in [-0.2, -0.15) is 0 Å². The van der Waals surface area contributed by atoms with Gasteiger partial charge in [-0.3, -0.25) is 5.32 Å². The molecule has 0 spiro atoms. The highest BCUT2D eigenvalue weighted by atomic mass is 16.6. The van der Waals surface area contributed by atoms with Crippen molar-refractivity contribution in [1.29, 1.82) is 0 Å². The van der Waals surface area contributed by atoms with Crippen LogP contribution in [0.1, 0.15) is 31.4 Å². The van der Waals surface area contributed by atoms with Crippen molar-refractivity contribution in [3.63, 3.8) is 0 Å². The van der Waals surface area contributed by atoms with Crippen LogP contribution in [0.25, 0.3) is 0 Å². The zero-order valence-corrected chi connectivity index (χ0v) is 11.9. The van der Waals surface area contributed by atoms with Gasteiger partial charge in [0.05, 0.1) is 6.04 Å². The van der Waals surface area contributed by atoms with Crippen molar-refractivity contribution in [2.24, 2.45) is 5.73 Å². The molecule has 1 aromatic carbocycles. The zero-order valence-electron chi connectivity index (χ0n) is 11.9. The molecule has 2 unspecified atom stereocenters. The summed E-state index contributed by atoms with van der Waals surface area (Å²) in [5, 5.41) is 3.42. The van der Waals surface area contributed by atoms with Gasteiger partial charge in [-0.1, -0.05) is 25.3 Å². The molecule has 108 valence electrons. The van der Waals surface area contributed by atoms with Gasteiger partial charge >= 0.3 is 0 Å². The van der Waals surface area contributed by atoms with Crippen LogP contribution >= 0.6 is 0 Å². The van der Waals surface area contributed by atoms with Gasteiger partial charge < -0.3 is 15.2 Å². The molecule has 0 amide bonds. The summed E-state index contributed by atoms with van der Waals surface area (Å²) in [6.45, 7) is 3.79. The first-order valence-electron chi connectivity index (χ1n) is 7.10. The summed E-state index contributed by atoms with van der Waals surface area (Å²) in [4.78, 5) is 0. The lowest BCUT2D eigenvalue weighted by Crippen LogP contribution is -2.36. The zero-order chi connectivity index (χ0) is 14.4. The average Bonchev–Trinajstić information content (AvgIpc) is 2.51. The largest absolute Gasteiger partial charge is 0.486 e. The summed E-state index contributed by atoms with van der Waals surface area (Å²) in [7, 11) is 0. The van der Waals surface area contributed by atoms with E-state index in [2.05, 4.69) is 18.2 Å². The number of nitrogens with one attached hydrogen (secondary N) is 1. The second kappa shape index (κ2) is 7.18. The Morgan fingerprint density at radius 2 is 2.10 bits per heavy atom. The molecule has 0 fully saturated rings. The van der Waals surface area contributed by atoms with Crippen molar-refractivity contribution in [1.82, 2.24) is 5.32 Å². The summed E-state index contributed by atoms with van der Waals surface area (Å²) in [5.74, 6) is 4.35. The second-order valence-corrected chi connectivity index (χ2v) is 4.87. The molecule has 1 aromatic rings. The molecule has 1 aliphatic heterocycles. The topological polar surface area (TPSA) is 56.5 Å². The van der Waals surface area contributed by atoms with Gasteiger partial charge in [0.1, 0.15) is 13.2 Å². The summed E-state index contributed by atoms with van der Waals surface area (Å²) in [6, 6.07) is 6.00. The number of hydrogen-bond donors (Lipinski definition) is 2. The maximum absolute atomic E-state index is 5.88. The molecule has 0 aliphatic carbocycles. The number of rotatable bonds is 6. The van der Waals surface area contributed by atoms with Crippen molar-refractivity contribution in [3.05, 3.63) is 23.8 Å². The SMILES string of the molecule is C#CC(CCC)NC(CN)c1ccc2c(c1)OCCO2. The Bertz CT molecular complexity index is 482. The van der Waals surface area contributed by atoms with Crippen LogP contribution in [0.5, 0.6) is 11.5 Å². The summed E-state index contributed by atoms with van der Waals surface area (Å²) >= 11 is 0. The molecule has 4 heteroatoms. The van der Waals surface area contributed by atoms with Crippen LogP contribution < -0.4 is 20.5 Å². The molecule has 1 aliphatic rings. The van der Waals surface area contributed by atoms with Gasteiger partial charge in [-0.25, -0.2) is 0 Å². The van der Waals surface area contributed by atoms with Gasteiger partial charge in [0.25, 0.3) is 0 Å². The fourth-order valence-corrected chi connectivity index (χ4v) is 2.32. The van der Waals surface area contributed by atoms with E-state index in [4.69, 9.17) is 21.6 Å². The number of nitrogens with two attached hydrogens (primary N) is 1. The molecular weight excluding hydrogens is 252 g/mol. The summed E-state index contributed by atoms with van der Waals surface area (Å²) < 4.78 is 11.1. The maximum atomic E-state index is 5.88. The second-order valence-electron chi connectivity index (χ2n) is 4.87. The predicted octanol–water partition coefficient (Wildman–Crippen LogP) is 1.85. The molecular formula is C16H22N2O2. The Morgan fingerprint density at radius 3 is 2.75 bits per heavy atom. The summed E-state index contributed by atoms with van der Waals surface area (Å²) in [5.41, 5.74) is 6.95. The first-order chi connectivity index (χ1) is 9.78. The van der Waals surface area contributed by atoms with Crippen LogP contribution in [0.2, 0.25) is 0 Å². The van der Waals surface area contributed by atoms with Crippen LogP contribution in [-0.4, -0.2) is 25.8 Å². The highest BCUT2D eigenvalue weighted by Crippen LogP contribution is 2.32. The first kappa shape index (κ1) is 14.7. The molecule has 2 atom stereocenters. The van der Waals surface area contributed by atoms with Gasteiger partial charge in [0, 0.05) is 12.6 Å². The Labute approximate surface area is 120 Å². The lowest BCUT2D eigenvalue weighted by atomic mass is 10.0. The van der Waals surface area contributed by atoms with Crippen LogP contribution in [0.4, 0.5) is 0 Å². The Morgan fingerprint density at radius 1 is 1.35 bits per heavy atom. The van der Waals surface area contributed by atoms with Crippen molar-refractivity contribution < 1.29 is 9.47 Å². The highest BCUT2D eigenvalue weighted by molar-refractivity contribution is 5.44. The van der Waals surface area contributed by atoms with Gasteiger partial charge in [0.2, 0.25) is 0 Å². The fourth-order valence-electron chi connectivity index (χ4n) is 2.32. The van der Waals surface area contributed by atoms with Crippen LogP contribution in [0.15, 0.2) is 18.2 Å². The molecule has 20 heavy (non-hydrogen) atoms. The molecule has 0 aromatic heterocycles. The molecule has 4 nitrogen and oxygen atoms in total.